The van der Waals surface area contributed by atoms with Gasteiger partial charge < -0.3 is 0 Å². The Balaban J connectivity index is 1.62. The largest absolute Gasteiger partial charge is 0.290 e. The first kappa shape index (κ1) is 12.0. The molecule has 0 bridgehead atoms. The number of hydrogen-bond acceptors (Lipinski definition) is 1. The topological polar surface area (TPSA) is 3.01 Å². The van der Waals surface area contributed by atoms with Crippen molar-refractivity contribution in [3.05, 3.63) is 47.5 Å². The Morgan fingerprint density at radius 1 is 1.28 bits per heavy atom. The van der Waals surface area contributed by atoms with Crippen molar-refractivity contribution >= 4 is 0 Å². The molecule has 0 N–H and O–H groups in total. The van der Waals surface area contributed by atoms with Gasteiger partial charge in [0.05, 0.1) is 0 Å². The van der Waals surface area contributed by atoms with Crippen LogP contribution in [0.25, 0.3) is 0 Å². The predicted octanol–water partition coefficient (Wildman–Crippen LogP) is 4.01. The van der Waals surface area contributed by atoms with Crippen LogP contribution in [-0.4, -0.2) is 17.0 Å². The normalized spacial score (nSPS) is 35.1. The van der Waals surface area contributed by atoms with E-state index in [0.717, 1.165) is 12.5 Å². The van der Waals surface area contributed by atoms with Gasteiger partial charge in [-0.05, 0) is 44.6 Å². The van der Waals surface area contributed by atoms with E-state index in [0.29, 0.717) is 5.54 Å². The van der Waals surface area contributed by atoms with E-state index in [2.05, 4.69) is 55.2 Å². The Hall–Kier alpha value is -1.08. The molecule has 1 saturated heterocycles. The van der Waals surface area contributed by atoms with Crippen LogP contribution in [-0.2, 0) is 6.54 Å². The maximum absolute atomic E-state index is 2.64. The molecular weight excluding hydrogens is 218 g/mol. The van der Waals surface area contributed by atoms with Crippen LogP contribution in [0.15, 0.2) is 42.0 Å². The zero-order valence-corrected chi connectivity index (χ0v) is 11.5. The summed E-state index contributed by atoms with van der Waals surface area (Å²) in [6.07, 6.45) is 6.43. The van der Waals surface area contributed by atoms with Gasteiger partial charge in [0.25, 0.3) is 0 Å². The van der Waals surface area contributed by atoms with Crippen molar-refractivity contribution in [2.24, 2.45) is 5.92 Å². The Labute approximate surface area is 111 Å². The first-order valence-electron chi connectivity index (χ1n) is 7.13. The molecule has 18 heavy (non-hydrogen) atoms. The average molecular weight is 241 g/mol. The lowest BCUT2D eigenvalue weighted by atomic mass is 9.81. The summed E-state index contributed by atoms with van der Waals surface area (Å²) >= 11 is 0. The minimum absolute atomic E-state index is 0.465. The van der Waals surface area contributed by atoms with E-state index in [1.807, 2.05) is 0 Å². The van der Waals surface area contributed by atoms with Crippen LogP contribution in [0.5, 0.6) is 0 Å². The zero-order valence-electron chi connectivity index (χ0n) is 11.5. The van der Waals surface area contributed by atoms with Crippen molar-refractivity contribution in [3.63, 3.8) is 0 Å². The Morgan fingerprint density at radius 3 is 2.72 bits per heavy atom. The molecule has 0 aromatic heterocycles. The molecule has 1 heterocycles. The van der Waals surface area contributed by atoms with Gasteiger partial charge in [-0.1, -0.05) is 42.0 Å². The molecule has 0 saturated carbocycles. The number of benzene rings is 1. The highest BCUT2D eigenvalue weighted by Crippen LogP contribution is 2.45. The summed E-state index contributed by atoms with van der Waals surface area (Å²) in [5.74, 6) is 0.866. The fourth-order valence-electron chi connectivity index (χ4n) is 3.31. The van der Waals surface area contributed by atoms with Gasteiger partial charge in [-0.2, -0.15) is 0 Å². The van der Waals surface area contributed by atoms with E-state index in [9.17, 15) is 0 Å². The van der Waals surface area contributed by atoms with Crippen molar-refractivity contribution in [2.75, 3.05) is 6.54 Å². The maximum Gasteiger partial charge on any atom is 0.0344 e. The van der Waals surface area contributed by atoms with Crippen LogP contribution in [0, 0.1) is 5.92 Å². The summed E-state index contributed by atoms with van der Waals surface area (Å²) in [7, 11) is 0. The second kappa shape index (κ2) is 4.55. The first-order valence-corrected chi connectivity index (χ1v) is 7.13. The van der Waals surface area contributed by atoms with Gasteiger partial charge in [-0.3, -0.25) is 4.90 Å². The van der Waals surface area contributed by atoms with Gasteiger partial charge in [0.2, 0.25) is 0 Å². The second-order valence-electron chi connectivity index (χ2n) is 6.22. The van der Waals surface area contributed by atoms with Gasteiger partial charge >= 0.3 is 0 Å². The quantitative estimate of drug-likeness (QED) is 0.571. The fraction of sp³-hybridized carbons (Fsp3) is 0.529. The first-order chi connectivity index (χ1) is 8.68. The standard InChI is InChI=1S/C17H23N/c1-14-8-10-16(11-9-14)17(2)13-18(17)12-15-6-4-3-5-7-15/h3-8,16H,9-13H2,1-2H3/t16-,17?,18?/m0/s1. The molecule has 1 fully saturated rings. The van der Waals surface area contributed by atoms with E-state index in [1.165, 1.54) is 31.4 Å². The molecule has 0 radical (unpaired) electrons. The lowest BCUT2D eigenvalue weighted by Gasteiger charge is -2.27. The van der Waals surface area contributed by atoms with Gasteiger partial charge in [-0.15, -0.1) is 0 Å². The number of nitrogens with zero attached hydrogens (tertiary/aromatic N) is 1. The Kier molecular flexibility index (Phi) is 3.03. The highest BCUT2D eigenvalue weighted by Gasteiger charge is 2.52. The van der Waals surface area contributed by atoms with E-state index in [1.54, 1.807) is 5.57 Å². The van der Waals surface area contributed by atoms with Gasteiger partial charge in [0.15, 0.2) is 0 Å². The van der Waals surface area contributed by atoms with E-state index < -0.39 is 0 Å². The van der Waals surface area contributed by atoms with Gasteiger partial charge in [0.1, 0.15) is 0 Å². The molecule has 96 valence electrons. The van der Waals surface area contributed by atoms with Crippen LogP contribution in [0.1, 0.15) is 38.7 Å². The summed E-state index contributed by atoms with van der Waals surface area (Å²) in [6, 6.07) is 10.9. The highest BCUT2D eigenvalue weighted by molar-refractivity contribution is 5.20. The molecule has 1 aromatic carbocycles. The third-order valence-corrected chi connectivity index (χ3v) is 4.86. The highest BCUT2D eigenvalue weighted by atomic mass is 15.4. The van der Waals surface area contributed by atoms with E-state index >= 15 is 0 Å². The minimum atomic E-state index is 0.465. The predicted molar refractivity (Wildman–Crippen MR) is 76.4 cm³/mol. The lowest BCUT2D eigenvalue weighted by Crippen LogP contribution is -2.27. The number of hydrogen-bond donors (Lipinski definition) is 0. The molecular formula is C17H23N. The van der Waals surface area contributed by atoms with Crippen molar-refractivity contribution in [1.82, 2.24) is 4.90 Å². The van der Waals surface area contributed by atoms with Gasteiger partial charge in [-0.25, -0.2) is 0 Å². The maximum atomic E-state index is 2.64. The van der Waals surface area contributed by atoms with Crippen LogP contribution in [0.4, 0.5) is 0 Å². The van der Waals surface area contributed by atoms with Gasteiger partial charge in [0, 0.05) is 18.6 Å². The average Bonchev–Trinajstić information content (AvgIpc) is 3.03. The second-order valence-corrected chi connectivity index (χ2v) is 6.22. The number of rotatable bonds is 3. The Bertz CT molecular complexity index is 448. The Morgan fingerprint density at radius 2 is 2.06 bits per heavy atom. The minimum Gasteiger partial charge on any atom is -0.290 e. The molecule has 0 amide bonds. The lowest BCUT2D eigenvalue weighted by molar-refractivity contribution is 0.285. The number of allylic oxidation sites excluding steroid dienone is 2. The molecule has 3 rings (SSSR count). The monoisotopic (exact) mass is 241 g/mol. The van der Waals surface area contributed by atoms with E-state index in [-0.39, 0.29) is 0 Å². The summed E-state index contributed by atoms with van der Waals surface area (Å²) in [5, 5.41) is 0. The van der Waals surface area contributed by atoms with Crippen molar-refractivity contribution in [1.29, 1.82) is 0 Å². The zero-order chi connectivity index (χ0) is 12.6. The molecule has 1 aliphatic heterocycles. The summed E-state index contributed by atoms with van der Waals surface area (Å²) in [4.78, 5) is 2.64. The van der Waals surface area contributed by atoms with Crippen LogP contribution >= 0.6 is 0 Å². The van der Waals surface area contributed by atoms with E-state index in [4.69, 9.17) is 0 Å². The summed E-state index contributed by atoms with van der Waals surface area (Å²) in [6.45, 7) is 7.12. The molecule has 2 unspecified atom stereocenters. The van der Waals surface area contributed by atoms with Crippen LogP contribution in [0.3, 0.4) is 0 Å². The van der Waals surface area contributed by atoms with Crippen LogP contribution < -0.4 is 0 Å². The van der Waals surface area contributed by atoms with Crippen molar-refractivity contribution in [3.8, 4) is 0 Å². The molecule has 1 aliphatic carbocycles. The SMILES string of the molecule is CC1=CC[C@H](C2(C)CN2Cc2ccccc2)CC1. The smallest absolute Gasteiger partial charge is 0.0344 e. The van der Waals surface area contributed by atoms with Crippen LogP contribution in [0.2, 0.25) is 0 Å². The molecule has 1 nitrogen and oxygen atoms in total. The third kappa shape index (κ3) is 2.24. The summed E-state index contributed by atoms with van der Waals surface area (Å²) in [5.41, 5.74) is 3.50. The van der Waals surface area contributed by atoms with Crippen molar-refractivity contribution < 1.29 is 0 Å². The molecule has 2 aliphatic rings. The van der Waals surface area contributed by atoms with Crippen molar-refractivity contribution in [2.45, 2.75) is 45.2 Å². The summed E-state index contributed by atoms with van der Waals surface area (Å²) < 4.78 is 0. The molecule has 0 spiro atoms. The fourth-order valence-corrected chi connectivity index (χ4v) is 3.31. The molecule has 3 atom stereocenters. The molecule has 1 heteroatoms. The molecule has 1 aromatic rings. The third-order valence-electron chi connectivity index (χ3n) is 4.86.